The van der Waals surface area contributed by atoms with Crippen molar-refractivity contribution in [1.82, 2.24) is 4.98 Å². The van der Waals surface area contributed by atoms with Crippen LogP contribution in [0.3, 0.4) is 0 Å². The molecule has 0 spiro atoms. The Bertz CT molecular complexity index is 453. The second-order valence-electron chi connectivity index (χ2n) is 4.23. The molecule has 0 saturated carbocycles. The third-order valence-electron chi connectivity index (χ3n) is 2.90. The van der Waals surface area contributed by atoms with Gasteiger partial charge in [0.15, 0.2) is 0 Å². The van der Waals surface area contributed by atoms with Crippen LogP contribution in [0.2, 0.25) is 0 Å². The quantitative estimate of drug-likeness (QED) is 0.744. The number of carbonyl (C=O) groups excluding carboxylic acids is 2. The predicted molar refractivity (Wildman–Crippen MR) is 64.3 cm³/mol. The van der Waals surface area contributed by atoms with Crippen LogP contribution in [-0.2, 0) is 9.59 Å². The van der Waals surface area contributed by atoms with Crippen molar-refractivity contribution in [2.24, 2.45) is 0 Å². The van der Waals surface area contributed by atoms with E-state index in [1.54, 1.807) is 6.07 Å². The molecule has 1 saturated heterocycles. The lowest BCUT2D eigenvalue weighted by Gasteiger charge is -2.18. The lowest BCUT2D eigenvalue weighted by atomic mass is 10.2. The summed E-state index contributed by atoms with van der Waals surface area (Å²) in [4.78, 5) is 29.0. The molecule has 0 atom stereocenters. The van der Waals surface area contributed by atoms with Crippen molar-refractivity contribution in [1.29, 1.82) is 0 Å². The van der Waals surface area contributed by atoms with Crippen molar-refractivity contribution in [2.75, 3.05) is 10.6 Å². The number of hydrogen-bond donors (Lipinski definition) is 1. The fourth-order valence-electron chi connectivity index (χ4n) is 1.84. The molecule has 5 nitrogen and oxygen atoms in total. The molecule has 0 radical (unpaired) electrons. The largest absolute Gasteiger partial charge is 0.397 e. The van der Waals surface area contributed by atoms with E-state index in [9.17, 15) is 9.59 Å². The van der Waals surface area contributed by atoms with Gasteiger partial charge in [-0.05, 0) is 31.4 Å². The average Bonchev–Trinajstić information content (AvgIpc) is 2.45. The zero-order valence-electron chi connectivity index (χ0n) is 9.77. The zero-order valence-corrected chi connectivity index (χ0v) is 9.77. The van der Waals surface area contributed by atoms with Crippen LogP contribution in [-0.4, -0.2) is 16.8 Å². The lowest BCUT2D eigenvalue weighted by molar-refractivity contribution is -0.125. The molecule has 2 N–H and O–H groups in total. The summed E-state index contributed by atoms with van der Waals surface area (Å²) in [7, 11) is 0. The fourth-order valence-corrected chi connectivity index (χ4v) is 1.84. The van der Waals surface area contributed by atoms with Gasteiger partial charge in [-0.2, -0.15) is 0 Å². The Hall–Kier alpha value is -1.91. The summed E-state index contributed by atoms with van der Waals surface area (Å²) >= 11 is 0. The number of amides is 2. The smallest absolute Gasteiger partial charge is 0.234 e. The highest BCUT2D eigenvalue weighted by Gasteiger charge is 2.26. The first-order valence-electron chi connectivity index (χ1n) is 5.67. The number of nitrogen functional groups attached to an aromatic ring is 1. The molecule has 1 aliphatic heterocycles. The molecule has 1 aliphatic rings. The molecule has 0 bridgehead atoms. The molecule has 90 valence electrons. The predicted octanol–water partition coefficient (Wildman–Crippen LogP) is 1.41. The van der Waals surface area contributed by atoms with Gasteiger partial charge in [0.1, 0.15) is 5.82 Å². The van der Waals surface area contributed by atoms with E-state index in [0.717, 1.165) is 18.4 Å². The van der Waals surface area contributed by atoms with Crippen LogP contribution < -0.4 is 10.6 Å². The Balaban J connectivity index is 2.38. The van der Waals surface area contributed by atoms with Gasteiger partial charge in [0, 0.05) is 12.8 Å². The maximum absolute atomic E-state index is 11.9. The molecule has 1 fully saturated rings. The van der Waals surface area contributed by atoms with Gasteiger partial charge in [-0.3, -0.25) is 9.59 Å². The third kappa shape index (κ3) is 2.27. The summed E-state index contributed by atoms with van der Waals surface area (Å²) in [5.74, 6) is 0.0296. The number of nitrogens with zero attached hydrogens (tertiary/aromatic N) is 2. The van der Waals surface area contributed by atoms with Crippen molar-refractivity contribution in [3.05, 3.63) is 17.8 Å². The van der Waals surface area contributed by atoms with E-state index in [1.165, 1.54) is 11.1 Å². The summed E-state index contributed by atoms with van der Waals surface area (Å²) in [6, 6.07) is 1.68. The minimum Gasteiger partial charge on any atom is -0.397 e. The highest BCUT2D eigenvalue weighted by molar-refractivity contribution is 6.14. The standard InChI is InChI=1S/C12H15N3O2/c1-8-6-10(14-7-9(8)13)15-11(16)4-2-3-5-12(15)17/h6-7H,2-5,13H2,1H3. The van der Waals surface area contributed by atoms with Crippen LogP contribution in [0.1, 0.15) is 31.2 Å². The van der Waals surface area contributed by atoms with Crippen molar-refractivity contribution < 1.29 is 9.59 Å². The molecule has 1 aromatic rings. The van der Waals surface area contributed by atoms with Crippen molar-refractivity contribution >= 4 is 23.3 Å². The number of aromatic nitrogens is 1. The minimum atomic E-state index is -0.177. The number of rotatable bonds is 1. The van der Waals surface area contributed by atoms with Gasteiger partial charge in [0.05, 0.1) is 11.9 Å². The molecule has 2 heterocycles. The van der Waals surface area contributed by atoms with E-state index in [1.807, 2.05) is 6.92 Å². The van der Waals surface area contributed by atoms with Gasteiger partial charge in [-0.15, -0.1) is 0 Å². The summed E-state index contributed by atoms with van der Waals surface area (Å²) in [5, 5.41) is 0. The summed E-state index contributed by atoms with van der Waals surface area (Å²) in [6.45, 7) is 1.83. The van der Waals surface area contributed by atoms with E-state index in [2.05, 4.69) is 4.98 Å². The Kier molecular flexibility index (Phi) is 3.08. The van der Waals surface area contributed by atoms with Crippen LogP contribution in [0.4, 0.5) is 11.5 Å². The molecule has 1 aromatic heterocycles. The summed E-state index contributed by atoms with van der Waals surface area (Å²) in [5.41, 5.74) is 7.05. The number of hydrogen-bond acceptors (Lipinski definition) is 4. The molecule has 2 amide bonds. The molecule has 17 heavy (non-hydrogen) atoms. The minimum absolute atomic E-state index is 0.177. The van der Waals surface area contributed by atoms with Crippen LogP contribution in [0, 0.1) is 6.92 Å². The average molecular weight is 233 g/mol. The first-order chi connectivity index (χ1) is 8.09. The molecular formula is C12H15N3O2. The molecule has 0 unspecified atom stereocenters. The first kappa shape index (κ1) is 11.6. The van der Waals surface area contributed by atoms with Gasteiger partial charge in [-0.25, -0.2) is 9.88 Å². The van der Waals surface area contributed by atoms with E-state index in [0.29, 0.717) is 24.3 Å². The van der Waals surface area contributed by atoms with E-state index in [-0.39, 0.29) is 11.8 Å². The third-order valence-corrected chi connectivity index (χ3v) is 2.90. The second kappa shape index (κ2) is 4.53. The molecule has 0 aliphatic carbocycles. The van der Waals surface area contributed by atoms with Gasteiger partial charge in [0.25, 0.3) is 0 Å². The van der Waals surface area contributed by atoms with Crippen LogP contribution in [0.25, 0.3) is 0 Å². The van der Waals surface area contributed by atoms with Crippen molar-refractivity contribution in [3.63, 3.8) is 0 Å². The number of pyridine rings is 1. The normalized spacial score (nSPS) is 17.1. The molecule has 0 aromatic carbocycles. The maximum Gasteiger partial charge on any atom is 0.234 e. The van der Waals surface area contributed by atoms with Crippen LogP contribution in [0.15, 0.2) is 12.3 Å². The SMILES string of the molecule is Cc1cc(N2C(=O)CCCCC2=O)ncc1N. The fraction of sp³-hybridized carbons (Fsp3) is 0.417. The number of imide groups is 1. The Morgan fingerprint density at radius 3 is 2.35 bits per heavy atom. The van der Waals surface area contributed by atoms with E-state index < -0.39 is 0 Å². The number of anilines is 2. The van der Waals surface area contributed by atoms with Crippen molar-refractivity contribution in [3.8, 4) is 0 Å². The monoisotopic (exact) mass is 233 g/mol. The molecule has 2 rings (SSSR count). The highest BCUT2D eigenvalue weighted by Crippen LogP contribution is 2.22. The summed E-state index contributed by atoms with van der Waals surface area (Å²) in [6.07, 6.45) is 3.80. The Labute approximate surface area is 99.6 Å². The maximum atomic E-state index is 11.9. The van der Waals surface area contributed by atoms with Gasteiger partial charge in [0.2, 0.25) is 11.8 Å². The molecule has 5 heteroatoms. The summed E-state index contributed by atoms with van der Waals surface area (Å²) < 4.78 is 0. The highest BCUT2D eigenvalue weighted by atomic mass is 16.2. The van der Waals surface area contributed by atoms with Crippen molar-refractivity contribution in [2.45, 2.75) is 32.6 Å². The van der Waals surface area contributed by atoms with Crippen LogP contribution >= 0.6 is 0 Å². The van der Waals surface area contributed by atoms with E-state index >= 15 is 0 Å². The number of nitrogens with two attached hydrogens (primary N) is 1. The lowest BCUT2D eigenvalue weighted by Crippen LogP contribution is -2.35. The zero-order chi connectivity index (χ0) is 12.4. The molecular weight excluding hydrogens is 218 g/mol. The van der Waals surface area contributed by atoms with Crippen LogP contribution in [0.5, 0.6) is 0 Å². The first-order valence-corrected chi connectivity index (χ1v) is 5.67. The van der Waals surface area contributed by atoms with Gasteiger partial charge >= 0.3 is 0 Å². The number of aryl methyl sites for hydroxylation is 1. The van der Waals surface area contributed by atoms with Gasteiger partial charge < -0.3 is 5.73 Å². The van der Waals surface area contributed by atoms with Gasteiger partial charge in [-0.1, -0.05) is 0 Å². The number of carbonyl (C=O) groups is 2. The van der Waals surface area contributed by atoms with E-state index in [4.69, 9.17) is 5.73 Å². The Morgan fingerprint density at radius 2 is 1.82 bits per heavy atom. The Morgan fingerprint density at radius 1 is 1.24 bits per heavy atom. The second-order valence-corrected chi connectivity index (χ2v) is 4.23. The topological polar surface area (TPSA) is 76.3 Å².